The molecule has 1 N–H and O–H groups in total. The van der Waals surface area contributed by atoms with E-state index in [1.807, 2.05) is 32.0 Å². The second kappa shape index (κ2) is 6.31. The van der Waals surface area contributed by atoms with Gasteiger partial charge in [0.05, 0.1) is 7.11 Å². The molecule has 4 nitrogen and oxygen atoms in total. The van der Waals surface area contributed by atoms with Crippen LogP contribution in [0.3, 0.4) is 0 Å². The Morgan fingerprint density at radius 2 is 1.95 bits per heavy atom. The van der Waals surface area contributed by atoms with Gasteiger partial charge in [-0.05, 0) is 37.1 Å². The molecular weight excluding hydrogens is 268 g/mol. The molecule has 2 aromatic carbocycles. The van der Waals surface area contributed by atoms with Crippen molar-refractivity contribution in [1.82, 2.24) is 0 Å². The standard InChI is InChI=1S/C17H18O4/c1-11-7-8-12(2)13(9-11)10-21-16-14(17(18)19)5-4-6-15(16)20-3/h4-9H,10H2,1-3H3,(H,18,19). The monoisotopic (exact) mass is 286 g/mol. The van der Waals surface area contributed by atoms with E-state index in [-0.39, 0.29) is 11.3 Å². The SMILES string of the molecule is COc1cccc(C(=O)O)c1OCc1cc(C)ccc1C. The van der Waals surface area contributed by atoms with Crippen LogP contribution in [0.4, 0.5) is 0 Å². The average molecular weight is 286 g/mol. The van der Waals surface area contributed by atoms with E-state index in [4.69, 9.17) is 9.47 Å². The van der Waals surface area contributed by atoms with E-state index in [1.165, 1.54) is 13.2 Å². The summed E-state index contributed by atoms with van der Waals surface area (Å²) in [5.41, 5.74) is 3.36. The van der Waals surface area contributed by atoms with Crippen molar-refractivity contribution in [2.75, 3.05) is 7.11 Å². The topological polar surface area (TPSA) is 55.8 Å². The van der Waals surface area contributed by atoms with Crippen LogP contribution < -0.4 is 9.47 Å². The van der Waals surface area contributed by atoms with Crippen LogP contribution in [0.1, 0.15) is 27.0 Å². The molecule has 4 heteroatoms. The summed E-state index contributed by atoms with van der Waals surface area (Å²) >= 11 is 0. The first kappa shape index (κ1) is 14.9. The van der Waals surface area contributed by atoms with E-state index >= 15 is 0 Å². The summed E-state index contributed by atoms with van der Waals surface area (Å²) in [7, 11) is 1.49. The van der Waals surface area contributed by atoms with Gasteiger partial charge in [-0.1, -0.05) is 29.8 Å². The Morgan fingerprint density at radius 3 is 2.62 bits per heavy atom. The second-order valence-electron chi connectivity index (χ2n) is 4.86. The number of methoxy groups -OCH3 is 1. The highest BCUT2D eigenvalue weighted by Crippen LogP contribution is 2.32. The predicted molar refractivity (Wildman–Crippen MR) is 80.2 cm³/mol. The van der Waals surface area contributed by atoms with E-state index in [2.05, 4.69) is 0 Å². The molecule has 2 aromatic rings. The molecular formula is C17H18O4. The number of aryl methyl sites for hydroxylation is 2. The maximum absolute atomic E-state index is 11.3. The third kappa shape index (κ3) is 3.34. The highest BCUT2D eigenvalue weighted by atomic mass is 16.5. The van der Waals surface area contributed by atoms with Crippen LogP contribution in [0.15, 0.2) is 36.4 Å². The molecule has 0 aliphatic rings. The first-order valence-electron chi connectivity index (χ1n) is 6.62. The van der Waals surface area contributed by atoms with Gasteiger partial charge in [-0.15, -0.1) is 0 Å². The van der Waals surface area contributed by atoms with Crippen molar-refractivity contribution in [1.29, 1.82) is 0 Å². The molecule has 0 radical (unpaired) electrons. The van der Waals surface area contributed by atoms with Crippen LogP contribution in [-0.2, 0) is 6.61 Å². The van der Waals surface area contributed by atoms with E-state index in [1.54, 1.807) is 12.1 Å². The maximum Gasteiger partial charge on any atom is 0.339 e. The highest BCUT2D eigenvalue weighted by Gasteiger charge is 2.16. The van der Waals surface area contributed by atoms with Crippen LogP contribution in [-0.4, -0.2) is 18.2 Å². The Kier molecular flexibility index (Phi) is 4.48. The fraction of sp³-hybridized carbons (Fsp3) is 0.235. The van der Waals surface area contributed by atoms with Crippen LogP contribution in [0, 0.1) is 13.8 Å². The molecule has 0 bridgehead atoms. The van der Waals surface area contributed by atoms with Gasteiger partial charge in [0.2, 0.25) is 0 Å². The van der Waals surface area contributed by atoms with Gasteiger partial charge in [-0.2, -0.15) is 0 Å². The minimum absolute atomic E-state index is 0.0969. The molecule has 2 rings (SSSR count). The third-order valence-corrected chi connectivity index (χ3v) is 3.31. The number of hydrogen-bond donors (Lipinski definition) is 1. The maximum atomic E-state index is 11.3. The fourth-order valence-electron chi connectivity index (χ4n) is 2.10. The van der Waals surface area contributed by atoms with Crippen molar-refractivity contribution in [3.63, 3.8) is 0 Å². The molecule has 21 heavy (non-hydrogen) atoms. The summed E-state index contributed by atoms with van der Waals surface area (Å²) in [6.45, 7) is 4.31. The molecule has 0 aliphatic carbocycles. The van der Waals surface area contributed by atoms with Gasteiger partial charge >= 0.3 is 5.97 Å². The van der Waals surface area contributed by atoms with Gasteiger partial charge in [0, 0.05) is 0 Å². The minimum atomic E-state index is -1.04. The zero-order valence-electron chi connectivity index (χ0n) is 12.3. The molecule has 0 saturated heterocycles. The van der Waals surface area contributed by atoms with Gasteiger partial charge in [0.1, 0.15) is 12.2 Å². The lowest BCUT2D eigenvalue weighted by Gasteiger charge is -2.14. The number of rotatable bonds is 5. The lowest BCUT2D eigenvalue weighted by molar-refractivity contribution is 0.0691. The van der Waals surface area contributed by atoms with E-state index in [0.717, 1.165) is 16.7 Å². The van der Waals surface area contributed by atoms with Gasteiger partial charge in [-0.3, -0.25) is 0 Å². The predicted octanol–water partition coefficient (Wildman–Crippen LogP) is 3.59. The molecule has 0 aromatic heterocycles. The van der Waals surface area contributed by atoms with Gasteiger partial charge in [-0.25, -0.2) is 4.79 Å². The number of aromatic carboxylic acids is 1. The number of benzene rings is 2. The van der Waals surface area contributed by atoms with Crippen molar-refractivity contribution < 1.29 is 19.4 Å². The Balaban J connectivity index is 2.31. The molecule has 0 unspecified atom stereocenters. The van der Waals surface area contributed by atoms with Crippen LogP contribution in [0.25, 0.3) is 0 Å². The smallest absolute Gasteiger partial charge is 0.339 e. The Bertz CT molecular complexity index is 662. The van der Waals surface area contributed by atoms with Crippen LogP contribution in [0.5, 0.6) is 11.5 Å². The molecule has 110 valence electrons. The quantitative estimate of drug-likeness (QED) is 0.912. The number of hydrogen-bond acceptors (Lipinski definition) is 3. The average Bonchev–Trinajstić information content (AvgIpc) is 2.47. The highest BCUT2D eigenvalue weighted by molar-refractivity contribution is 5.92. The Morgan fingerprint density at radius 1 is 1.19 bits per heavy atom. The second-order valence-corrected chi connectivity index (χ2v) is 4.86. The first-order valence-corrected chi connectivity index (χ1v) is 6.62. The fourth-order valence-corrected chi connectivity index (χ4v) is 2.10. The molecule has 0 aliphatic heterocycles. The number of carboxylic acids is 1. The molecule has 0 spiro atoms. The molecule has 0 heterocycles. The molecule has 0 atom stereocenters. The van der Waals surface area contributed by atoms with Gasteiger partial charge in [0.15, 0.2) is 11.5 Å². The summed E-state index contributed by atoms with van der Waals surface area (Å²) in [6, 6.07) is 10.9. The lowest BCUT2D eigenvalue weighted by atomic mass is 10.1. The summed E-state index contributed by atoms with van der Waals surface area (Å²) < 4.78 is 10.9. The zero-order valence-corrected chi connectivity index (χ0v) is 12.3. The number of carboxylic acid groups (broad SMARTS) is 1. The van der Waals surface area contributed by atoms with Crippen molar-refractivity contribution in [3.8, 4) is 11.5 Å². The molecule has 0 fully saturated rings. The first-order chi connectivity index (χ1) is 10.0. The largest absolute Gasteiger partial charge is 0.493 e. The van der Waals surface area contributed by atoms with Crippen molar-refractivity contribution in [3.05, 3.63) is 58.7 Å². The Labute approximate surface area is 123 Å². The van der Waals surface area contributed by atoms with E-state index < -0.39 is 5.97 Å². The van der Waals surface area contributed by atoms with E-state index in [0.29, 0.717) is 12.4 Å². The third-order valence-electron chi connectivity index (χ3n) is 3.31. The van der Waals surface area contributed by atoms with E-state index in [9.17, 15) is 9.90 Å². The van der Waals surface area contributed by atoms with Crippen molar-refractivity contribution in [2.45, 2.75) is 20.5 Å². The number of carbonyl (C=O) groups is 1. The van der Waals surface area contributed by atoms with Crippen molar-refractivity contribution in [2.24, 2.45) is 0 Å². The summed E-state index contributed by atoms with van der Waals surface area (Å²) in [5, 5.41) is 9.25. The summed E-state index contributed by atoms with van der Waals surface area (Å²) in [4.78, 5) is 11.3. The number of ether oxygens (including phenoxy) is 2. The summed E-state index contributed by atoms with van der Waals surface area (Å²) in [6.07, 6.45) is 0. The van der Waals surface area contributed by atoms with Gasteiger partial charge in [0.25, 0.3) is 0 Å². The van der Waals surface area contributed by atoms with Crippen LogP contribution >= 0.6 is 0 Å². The van der Waals surface area contributed by atoms with Crippen molar-refractivity contribution >= 4 is 5.97 Å². The number of para-hydroxylation sites is 1. The normalized spacial score (nSPS) is 10.2. The minimum Gasteiger partial charge on any atom is -0.493 e. The Hall–Kier alpha value is -2.49. The lowest BCUT2D eigenvalue weighted by Crippen LogP contribution is -2.06. The molecule has 0 amide bonds. The molecule has 0 saturated carbocycles. The zero-order chi connectivity index (χ0) is 15.4. The van der Waals surface area contributed by atoms with Crippen LogP contribution in [0.2, 0.25) is 0 Å². The summed E-state index contributed by atoms with van der Waals surface area (Å²) in [5.74, 6) is -0.363. The van der Waals surface area contributed by atoms with Gasteiger partial charge < -0.3 is 14.6 Å².